The van der Waals surface area contributed by atoms with E-state index >= 15 is 0 Å². The fraction of sp³-hybridized carbons (Fsp3) is 0.350. The largest absolute Gasteiger partial charge is 0.417 e. The number of hydrogen-bond acceptors (Lipinski definition) is 2. The van der Waals surface area contributed by atoms with Crippen molar-refractivity contribution in [2.24, 2.45) is 0 Å². The van der Waals surface area contributed by atoms with Crippen LogP contribution in [0.1, 0.15) is 27.0 Å². The predicted octanol–water partition coefficient (Wildman–Crippen LogP) is 3.59. The summed E-state index contributed by atoms with van der Waals surface area (Å²) in [5.41, 5.74) is 1.53. The van der Waals surface area contributed by atoms with E-state index in [9.17, 15) is 18.0 Å². The molecule has 0 bridgehead atoms. The third kappa shape index (κ3) is 3.09. The minimum Gasteiger partial charge on any atom is -0.335 e. The van der Waals surface area contributed by atoms with Crippen LogP contribution in [0.2, 0.25) is 0 Å². The van der Waals surface area contributed by atoms with Crippen molar-refractivity contribution >= 4 is 5.91 Å². The van der Waals surface area contributed by atoms with Gasteiger partial charge in [-0.1, -0.05) is 36.4 Å². The van der Waals surface area contributed by atoms with Gasteiger partial charge in [0.25, 0.3) is 5.91 Å². The first-order valence-electron chi connectivity index (χ1n) is 8.70. The van der Waals surface area contributed by atoms with Gasteiger partial charge in [0.1, 0.15) is 0 Å². The molecule has 0 atom stereocenters. The van der Waals surface area contributed by atoms with E-state index in [0.29, 0.717) is 13.1 Å². The number of fused-ring (bicyclic) bond motifs is 1. The minimum absolute atomic E-state index is 0.213. The molecule has 4 rings (SSSR count). The summed E-state index contributed by atoms with van der Waals surface area (Å²) in [6.07, 6.45) is -3.55. The summed E-state index contributed by atoms with van der Waals surface area (Å²) in [7, 11) is 0. The van der Waals surface area contributed by atoms with Crippen LogP contribution in [0.5, 0.6) is 0 Å². The summed E-state index contributed by atoms with van der Waals surface area (Å²) in [5.74, 6) is -0.536. The summed E-state index contributed by atoms with van der Waals surface area (Å²) in [5, 5.41) is 0. The van der Waals surface area contributed by atoms with Crippen LogP contribution < -0.4 is 0 Å². The van der Waals surface area contributed by atoms with Crippen LogP contribution in [0.4, 0.5) is 13.2 Å². The summed E-state index contributed by atoms with van der Waals surface area (Å²) in [4.78, 5) is 16.4. The molecule has 1 amide bonds. The standard InChI is InChI=1S/C20H19F3N2O/c21-20(22,23)18-8-4-3-7-17(18)19(26)25-12-16(13-25)24-10-9-14-5-1-2-6-15(14)11-24/h1-8,16H,9-13H2. The second-order valence-corrected chi connectivity index (χ2v) is 6.90. The number of nitrogens with zero attached hydrogens (tertiary/aromatic N) is 2. The van der Waals surface area contributed by atoms with Gasteiger partial charge in [-0.25, -0.2) is 0 Å². The summed E-state index contributed by atoms with van der Waals surface area (Å²) in [6, 6.07) is 13.5. The molecule has 0 unspecified atom stereocenters. The molecular weight excluding hydrogens is 341 g/mol. The second kappa shape index (κ2) is 6.43. The molecule has 2 aliphatic heterocycles. The van der Waals surface area contributed by atoms with Crippen LogP contribution in [0.3, 0.4) is 0 Å². The van der Waals surface area contributed by atoms with Crippen LogP contribution in [0.25, 0.3) is 0 Å². The molecule has 6 heteroatoms. The van der Waals surface area contributed by atoms with Crippen molar-refractivity contribution in [3.63, 3.8) is 0 Å². The van der Waals surface area contributed by atoms with Gasteiger partial charge in [-0.05, 0) is 29.7 Å². The molecule has 0 saturated carbocycles. The number of hydrogen-bond donors (Lipinski definition) is 0. The zero-order chi connectivity index (χ0) is 18.3. The number of carbonyl (C=O) groups is 1. The maximum atomic E-state index is 13.1. The first-order chi connectivity index (χ1) is 12.4. The Balaban J connectivity index is 1.42. The van der Waals surface area contributed by atoms with E-state index in [1.54, 1.807) is 0 Å². The van der Waals surface area contributed by atoms with Crippen LogP contribution in [0, 0.1) is 0 Å². The number of rotatable bonds is 2. The Kier molecular flexibility index (Phi) is 4.23. The average Bonchev–Trinajstić information content (AvgIpc) is 2.59. The van der Waals surface area contributed by atoms with Gasteiger partial charge in [0.05, 0.1) is 11.1 Å². The van der Waals surface area contributed by atoms with Gasteiger partial charge in [0.15, 0.2) is 0 Å². The third-order valence-electron chi connectivity index (χ3n) is 5.29. The molecule has 0 aliphatic carbocycles. The lowest BCUT2D eigenvalue weighted by molar-refractivity contribution is -0.138. The Morgan fingerprint density at radius 3 is 2.35 bits per heavy atom. The van der Waals surface area contributed by atoms with Crippen LogP contribution in [0.15, 0.2) is 48.5 Å². The molecule has 0 N–H and O–H groups in total. The van der Waals surface area contributed by atoms with Crippen molar-refractivity contribution in [1.29, 1.82) is 0 Å². The molecule has 3 nitrogen and oxygen atoms in total. The Bertz CT molecular complexity index is 828. The lowest BCUT2D eigenvalue weighted by Crippen LogP contribution is -2.61. The first kappa shape index (κ1) is 17.1. The molecule has 0 radical (unpaired) electrons. The highest BCUT2D eigenvalue weighted by Gasteiger charge is 2.40. The van der Waals surface area contributed by atoms with Crippen molar-refractivity contribution in [3.05, 3.63) is 70.8 Å². The van der Waals surface area contributed by atoms with Gasteiger partial charge < -0.3 is 4.90 Å². The Morgan fingerprint density at radius 1 is 0.962 bits per heavy atom. The molecule has 1 fully saturated rings. The van der Waals surface area contributed by atoms with Crippen molar-refractivity contribution in [2.45, 2.75) is 25.2 Å². The Morgan fingerprint density at radius 2 is 1.62 bits per heavy atom. The van der Waals surface area contributed by atoms with Crippen molar-refractivity contribution < 1.29 is 18.0 Å². The third-order valence-corrected chi connectivity index (χ3v) is 5.29. The van der Waals surface area contributed by atoms with Crippen LogP contribution in [-0.2, 0) is 19.1 Å². The van der Waals surface area contributed by atoms with E-state index < -0.39 is 17.6 Å². The number of amides is 1. The number of halogens is 3. The molecule has 0 aromatic heterocycles. The number of likely N-dealkylation sites (tertiary alicyclic amines) is 1. The van der Waals surface area contributed by atoms with Gasteiger partial charge in [-0.2, -0.15) is 13.2 Å². The van der Waals surface area contributed by atoms with Crippen molar-refractivity contribution in [1.82, 2.24) is 9.80 Å². The van der Waals surface area contributed by atoms with Gasteiger partial charge >= 0.3 is 6.18 Å². The molecule has 0 spiro atoms. The topological polar surface area (TPSA) is 23.6 Å². The zero-order valence-corrected chi connectivity index (χ0v) is 14.2. The predicted molar refractivity (Wildman–Crippen MR) is 91.7 cm³/mol. The average molecular weight is 360 g/mol. The fourth-order valence-electron chi connectivity index (χ4n) is 3.77. The van der Waals surface area contributed by atoms with E-state index in [4.69, 9.17) is 0 Å². The number of benzene rings is 2. The fourth-order valence-corrected chi connectivity index (χ4v) is 3.77. The Labute approximate surface area is 150 Å². The molecule has 26 heavy (non-hydrogen) atoms. The monoisotopic (exact) mass is 360 g/mol. The normalized spacial score (nSPS) is 18.3. The van der Waals surface area contributed by atoms with E-state index in [2.05, 4.69) is 17.0 Å². The molecule has 1 saturated heterocycles. The summed E-state index contributed by atoms with van der Waals surface area (Å²) >= 11 is 0. The quantitative estimate of drug-likeness (QED) is 0.817. The van der Waals surface area contributed by atoms with E-state index in [1.807, 2.05) is 12.1 Å². The molecule has 2 aromatic rings. The highest BCUT2D eigenvalue weighted by atomic mass is 19.4. The SMILES string of the molecule is O=C(c1ccccc1C(F)(F)F)N1CC(N2CCc3ccccc3C2)C1. The van der Waals surface area contributed by atoms with Gasteiger partial charge in [-0.3, -0.25) is 9.69 Å². The van der Waals surface area contributed by atoms with E-state index in [1.165, 1.54) is 34.2 Å². The maximum absolute atomic E-state index is 13.1. The van der Waals surface area contributed by atoms with Crippen molar-refractivity contribution in [2.75, 3.05) is 19.6 Å². The van der Waals surface area contributed by atoms with Crippen LogP contribution >= 0.6 is 0 Å². The highest BCUT2D eigenvalue weighted by Crippen LogP contribution is 2.33. The van der Waals surface area contributed by atoms with Gasteiger partial charge in [0, 0.05) is 32.2 Å². The lowest BCUT2D eigenvalue weighted by Gasteiger charge is -2.47. The van der Waals surface area contributed by atoms with Gasteiger partial charge in [-0.15, -0.1) is 0 Å². The van der Waals surface area contributed by atoms with E-state index in [0.717, 1.165) is 25.6 Å². The van der Waals surface area contributed by atoms with Crippen LogP contribution in [-0.4, -0.2) is 41.4 Å². The Hall–Kier alpha value is -2.34. The smallest absolute Gasteiger partial charge is 0.335 e. The van der Waals surface area contributed by atoms with Crippen molar-refractivity contribution in [3.8, 4) is 0 Å². The summed E-state index contributed by atoms with van der Waals surface area (Å²) in [6.45, 7) is 2.71. The molecular formula is C20H19F3N2O. The molecule has 136 valence electrons. The number of carbonyl (C=O) groups excluding carboxylic acids is 1. The highest BCUT2D eigenvalue weighted by molar-refractivity contribution is 5.96. The first-order valence-corrected chi connectivity index (χ1v) is 8.70. The molecule has 2 aromatic carbocycles. The lowest BCUT2D eigenvalue weighted by atomic mass is 9.96. The zero-order valence-electron chi connectivity index (χ0n) is 14.2. The number of alkyl halides is 3. The summed E-state index contributed by atoms with van der Waals surface area (Å²) < 4.78 is 39.4. The molecule has 2 heterocycles. The molecule has 2 aliphatic rings. The second-order valence-electron chi connectivity index (χ2n) is 6.90. The van der Waals surface area contributed by atoms with E-state index in [-0.39, 0.29) is 11.6 Å². The van der Waals surface area contributed by atoms with Gasteiger partial charge in [0.2, 0.25) is 0 Å². The maximum Gasteiger partial charge on any atom is 0.417 e. The minimum atomic E-state index is -4.52.